The van der Waals surface area contributed by atoms with Gasteiger partial charge in [0.05, 0.1) is 5.39 Å². The second-order valence-corrected chi connectivity index (χ2v) is 11.1. The van der Waals surface area contributed by atoms with E-state index in [1.807, 2.05) is 27.8 Å². The van der Waals surface area contributed by atoms with Crippen molar-refractivity contribution < 1.29 is 19.4 Å². The van der Waals surface area contributed by atoms with Crippen molar-refractivity contribution in [3.05, 3.63) is 16.8 Å². The summed E-state index contributed by atoms with van der Waals surface area (Å²) in [5.74, 6) is 1.03. The van der Waals surface area contributed by atoms with Crippen molar-refractivity contribution in [1.82, 2.24) is 14.9 Å². The van der Waals surface area contributed by atoms with E-state index in [1.54, 1.807) is 22.6 Å². The summed E-state index contributed by atoms with van der Waals surface area (Å²) < 4.78 is 12.0. The van der Waals surface area contributed by atoms with Crippen LogP contribution in [0.4, 0.5) is 4.79 Å². The molecule has 2 aromatic rings. The van der Waals surface area contributed by atoms with Crippen LogP contribution in [0.3, 0.4) is 0 Å². The zero-order valence-corrected chi connectivity index (χ0v) is 20.4. The Labute approximate surface area is 194 Å². The van der Waals surface area contributed by atoms with E-state index in [4.69, 9.17) is 9.47 Å². The fraction of sp³-hybridized carbons (Fsp3) is 0.708. The zero-order chi connectivity index (χ0) is 22.9. The molecule has 8 heteroatoms. The van der Waals surface area contributed by atoms with Crippen molar-refractivity contribution in [3.63, 3.8) is 0 Å². The Morgan fingerprint density at radius 2 is 1.97 bits per heavy atom. The lowest BCUT2D eigenvalue weighted by Gasteiger charge is -2.35. The van der Waals surface area contributed by atoms with Gasteiger partial charge in [0.2, 0.25) is 5.88 Å². The lowest BCUT2D eigenvalue weighted by atomic mass is 9.84. The number of hydrogen-bond donors (Lipinski definition) is 1. The van der Waals surface area contributed by atoms with Crippen molar-refractivity contribution >= 4 is 27.6 Å². The summed E-state index contributed by atoms with van der Waals surface area (Å²) in [7, 11) is 1.83. The van der Waals surface area contributed by atoms with Crippen LogP contribution < -0.4 is 4.74 Å². The van der Waals surface area contributed by atoms with Gasteiger partial charge in [0, 0.05) is 24.6 Å². The van der Waals surface area contributed by atoms with Crippen LogP contribution in [-0.2, 0) is 11.2 Å². The third-order valence-electron chi connectivity index (χ3n) is 6.56. The summed E-state index contributed by atoms with van der Waals surface area (Å²) >= 11 is 1.75. The predicted octanol–water partition coefficient (Wildman–Crippen LogP) is 5.05. The first-order chi connectivity index (χ1) is 15.3. The number of nitrogens with zero attached hydrogens (tertiary/aromatic N) is 3. The molecule has 32 heavy (non-hydrogen) atoms. The van der Waals surface area contributed by atoms with E-state index in [-0.39, 0.29) is 24.8 Å². The molecule has 2 aliphatic carbocycles. The molecule has 1 fully saturated rings. The number of fused-ring (bicyclic) bond motifs is 3. The number of aliphatic hydroxyl groups excluding tert-OH is 1. The van der Waals surface area contributed by atoms with E-state index >= 15 is 0 Å². The summed E-state index contributed by atoms with van der Waals surface area (Å²) in [6.45, 7) is 5.86. The third kappa shape index (κ3) is 5.01. The minimum absolute atomic E-state index is 0.0758. The molecular weight excluding hydrogens is 426 g/mol. The van der Waals surface area contributed by atoms with Crippen molar-refractivity contribution in [3.8, 4) is 5.88 Å². The zero-order valence-electron chi connectivity index (χ0n) is 19.6. The Hall–Kier alpha value is -1.93. The van der Waals surface area contributed by atoms with Crippen LogP contribution in [0.25, 0.3) is 10.2 Å². The maximum Gasteiger partial charge on any atom is 0.410 e. The first-order valence-corrected chi connectivity index (χ1v) is 12.6. The highest BCUT2D eigenvalue weighted by Crippen LogP contribution is 2.46. The molecule has 1 N–H and O–H groups in total. The average molecular weight is 462 g/mol. The summed E-state index contributed by atoms with van der Waals surface area (Å²) in [4.78, 5) is 25.6. The topological polar surface area (TPSA) is 84.8 Å². The summed E-state index contributed by atoms with van der Waals surface area (Å²) in [5.41, 5.74) is 0.816. The van der Waals surface area contributed by atoms with Crippen LogP contribution in [0.1, 0.15) is 82.1 Å². The smallest absolute Gasteiger partial charge is 0.410 e. The van der Waals surface area contributed by atoms with Crippen LogP contribution in [0.5, 0.6) is 5.88 Å². The van der Waals surface area contributed by atoms with Crippen LogP contribution in [0.15, 0.2) is 6.33 Å². The highest BCUT2D eigenvalue weighted by atomic mass is 32.1. The largest absolute Gasteiger partial charge is 0.474 e. The number of amides is 1. The fourth-order valence-corrected chi connectivity index (χ4v) is 6.23. The molecule has 0 unspecified atom stereocenters. The van der Waals surface area contributed by atoms with Gasteiger partial charge in [-0.3, -0.25) is 0 Å². The first kappa shape index (κ1) is 23.2. The molecule has 2 aromatic heterocycles. The molecule has 0 aromatic carbocycles. The molecule has 1 saturated carbocycles. The normalized spacial score (nSPS) is 23.6. The van der Waals surface area contributed by atoms with Gasteiger partial charge in [0.25, 0.3) is 0 Å². The Bertz CT molecular complexity index is 947. The highest BCUT2D eigenvalue weighted by Gasteiger charge is 2.32. The standard InChI is InChI=1S/C24H35N3O4S/c1-24(2,3)31-23(29)27(4)16-8-10-17(11-9-16)30-21-20-19-15(12-13-28)6-5-7-18(19)32-22(20)26-14-25-21/h14-17,28H,5-13H2,1-4H3/t15-,16-,17-/m1/s1. The van der Waals surface area contributed by atoms with Crippen molar-refractivity contribution in [2.45, 2.75) is 95.8 Å². The van der Waals surface area contributed by atoms with Crippen molar-refractivity contribution in [2.75, 3.05) is 13.7 Å². The number of hydrogen-bond acceptors (Lipinski definition) is 7. The number of aryl methyl sites for hydroxylation is 1. The number of thiophene rings is 1. The molecule has 1 amide bonds. The Morgan fingerprint density at radius 1 is 1.22 bits per heavy atom. The quantitative estimate of drug-likeness (QED) is 0.671. The molecule has 2 aliphatic rings. The first-order valence-electron chi connectivity index (χ1n) is 11.8. The molecule has 7 nitrogen and oxygen atoms in total. The van der Waals surface area contributed by atoms with Gasteiger partial charge in [-0.25, -0.2) is 14.8 Å². The van der Waals surface area contributed by atoms with Crippen LogP contribution in [0, 0.1) is 0 Å². The van der Waals surface area contributed by atoms with Gasteiger partial charge >= 0.3 is 6.09 Å². The van der Waals surface area contributed by atoms with E-state index in [0.29, 0.717) is 11.8 Å². The fourth-order valence-electron chi connectivity index (χ4n) is 4.97. The van der Waals surface area contributed by atoms with Gasteiger partial charge < -0.3 is 19.5 Å². The van der Waals surface area contributed by atoms with Gasteiger partial charge in [-0.2, -0.15) is 0 Å². The Kier molecular flexibility index (Phi) is 6.91. The van der Waals surface area contributed by atoms with Crippen molar-refractivity contribution in [2.24, 2.45) is 0 Å². The van der Waals surface area contributed by atoms with Crippen LogP contribution in [0.2, 0.25) is 0 Å². The van der Waals surface area contributed by atoms with Crippen LogP contribution in [-0.4, -0.2) is 57.5 Å². The highest BCUT2D eigenvalue weighted by molar-refractivity contribution is 7.18. The third-order valence-corrected chi connectivity index (χ3v) is 7.73. The minimum Gasteiger partial charge on any atom is -0.474 e. The minimum atomic E-state index is -0.488. The maximum atomic E-state index is 12.4. The van der Waals surface area contributed by atoms with Gasteiger partial charge in [0.15, 0.2) is 0 Å². The summed E-state index contributed by atoms with van der Waals surface area (Å²) in [6, 6.07) is 0.165. The Morgan fingerprint density at radius 3 is 2.66 bits per heavy atom. The summed E-state index contributed by atoms with van der Waals surface area (Å²) in [5, 5.41) is 10.6. The molecule has 0 radical (unpaired) electrons. The number of aliphatic hydroxyl groups is 1. The second kappa shape index (κ2) is 9.51. The van der Waals surface area contributed by atoms with E-state index in [0.717, 1.165) is 61.6 Å². The molecule has 176 valence electrons. The molecule has 0 spiro atoms. The molecule has 0 saturated heterocycles. The molecule has 1 atom stereocenters. The molecule has 2 heterocycles. The Balaban J connectivity index is 1.45. The van der Waals surface area contributed by atoms with E-state index < -0.39 is 5.60 Å². The van der Waals surface area contributed by atoms with Crippen LogP contribution >= 0.6 is 11.3 Å². The van der Waals surface area contributed by atoms with Gasteiger partial charge in [-0.15, -0.1) is 11.3 Å². The lowest BCUT2D eigenvalue weighted by molar-refractivity contribution is 0.0137. The average Bonchev–Trinajstić information content (AvgIpc) is 3.13. The molecule has 0 bridgehead atoms. The molecule has 0 aliphatic heterocycles. The predicted molar refractivity (Wildman–Crippen MR) is 125 cm³/mol. The molecule has 4 rings (SSSR count). The SMILES string of the molecule is CN(C(=O)OC(C)(C)C)[C@H]1CC[C@H](Oc2ncnc3sc4c(c23)[C@@H](CCO)CCC4)CC1. The lowest BCUT2D eigenvalue weighted by Crippen LogP contribution is -2.43. The maximum absolute atomic E-state index is 12.4. The number of carbonyl (C=O) groups excluding carboxylic acids is 1. The number of carbonyl (C=O) groups is 1. The van der Waals surface area contributed by atoms with Crippen molar-refractivity contribution in [1.29, 1.82) is 0 Å². The van der Waals surface area contributed by atoms with Gasteiger partial charge in [-0.1, -0.05) is 0 Å². The number of ether oxygens (including phenoxy) is 2. The van der Waals surface area contributed by atoms with Gasteiger partial charge in [0.1, 0.15) is 22.9 Å². The van der Waals surface area contributed by atoms with E-state index in [2.05, 4.69) is 9.97 Å². The molecular formula is C24H35N3O4S. The summed E-state index contributed by atoms with van der Waals surface area (Å²) in [6.07, 6.45) is 9.00. The van der Waals surface area contributed by atoms with E-state index in [1.165, 1.54) is 10.4 Å². The number of rotatable bonds is 5. The second-order valence-electron chi connectivity index (χ2n) is 10.0. The van der Waals surface area contributed by atoms with Gasteiger partial charge in [-0.05, 0) is 83.6 Å². The number of aromatic nitrogens is 2. The monoisotopic (exact) mass is 461 g/mol. The van der Waals surface area contributed by atoms with E-state index in [9.17, 15) is 9.90 Å².